The first-order chi connectivity index (χ1) is 14.8. The molecular weight excluding hydrogens is 416 g/mol. The number of hydrogen-bond donors (Lipinski definition) is 1. The minimum absolute atomic E-state index is 0.0759. The molecule has 0 saturated heterocycles. The van der Waals surface area contributed by atoms with E-state index < -0.39 is 15.9 Å². The fraction of sp³-hybridized carbons (Fsp3) is 0.261. The molecule has 0 fully saturated rings. The minimum Gasteiger partial charge on any atom is -0.466 e. The maximum atomic E-state index is 13.0. The summed E-state index contributed by atoms with van der Waals surface area (Å²) in [6.45, 7) is 7.70. The lowest BCUT2D eigenvalue weighted by Gasteiger charge is -2.20. The summed E-state index contributed by atoms with van der Waals surface area (Å²) in [4.78, 5) is 12.9. The molecule has 3 aromatic rings. The van der Waals surface area contributed by atoms with Gasteiger partial charge in [0.05, 0.1) is 16.1 Å². The van der Waals surface area contributed by atoms with E-state index in [1.807, 2.05) is 18.2 Å². The monoisotopic (exact) mass is 442 g/mol. The number of carbonyl (C=O) groups excluding carboxylic acids is 1. The Kier molecular flexibility index (Phi) is 6.82. The van der Waals surface area contributed by atoms with Gasteiger partial charge in [-0.1, -0.05) is 32.0 Å². The van der Waals surface area contributed by atoms with Crippen LogP contribution in [-0.2, 0) is 10.0 Å². The number of carbonyl (C=O) groups is 1. The molecule has 3 rings (SSSR count). The van der Waals surface area contributed by atoms with Crippen LogP contribution in [0.4, 0.5) is 5.69 Å². The summed E-state index contributed by atoms with van der Waals surface area (Å²) < 4.78 is 38.7. The van der Waals surface area contributed by atoms with Crippen LogP contribution in [0.25, 0.3) is 0 Å². The molecule has 0 radical (unpaired) electrons. The summed E-state index contributed by atoms with van der Waals surface area (Å²) >= 11 is 0. The SMILES string of the molecule is CCN(CC)S(=O)(=O)c1ccc(Oc2ccccc2)c(NC(=O)c2cc(C)oc2C)c1. The molecule has 0 bridgehead atoms. The first kappa shape index (κ1) is 22.6. The van der Waals surface area contributed by atoms with Crippen LogP contribution in [0.1, 0.15) is 35.7 Å². The maximum absolute atomic E-state index is 13.0. The molecule has 7 nitrogen and oxygen atoms in total. The summed E-state index contributed by atoms with van der Waals surface area (Å²) in [7, 11) is -3.71. The number of furan rings is 1. The average Bonchev–Trinajstić information content (AvgIpc) is 3.08. The van der Waals surface area contributed by atoms with Gasteiger partial charge in [0.25, 0.3) is 5.91 Å². The third-order valence-electron chi connectivity index (χ3n) is 4.80. The second-order valence-corrected chi connectivity index (χ2v) is 8.88. The van der Waals surface area contributed by atoms with Gasteiger partial charge >= 0.3 is 0 Å². The van der Waals surface area contributed by atoms with E-state index in [1.165, 1.54) is 16.4 Å². The van der Waals surface area contributed by atoms with E-state index >= 15 is 0 Å². The van der Waals surface area contributed by atoms with Crippen LogP contribution in [0, 0.1) is 13.8 Å². The van der Waals surface area contributed by atoms with Crippen LogP contribution in [0.2, 0.25) is 0 Å². The molecule has 0 aliphatic carbocycles. The summed E-state index contributed by atoms with van der Waals surface area (Å²) in [5.41, 5.74) is 0.625. The standard InChI is InChI=1S/C23H26N2O5S/c1-5-25(6-2)31(27,28)19-12-13-22(30-18-10-8-7-9-11-18)21(15-19)24-23(26)20-14-16(3)29-17(20)4/h7-15H,5-6H2,1-4H3,(H,24,26). The highest BCUT2D eigenvalue weighted by molar-refractivity contribution is 7.89. The van der Waals surface area contributed by atoms with Gasteiger partial charge in [-0.05, 0) is 50.2 Å². The molecule has 0 unspecified atom stereocenters. The first-order valence-electron chi connectivity index (χ1n) is 10.0. The van der Waals surface area contributed by atoms with E-state index in [9.17, 15) is 13.2 Å². The van der Waals surface area contributed by atoms with Crippen molar-refractivity contribution in [3.8, 4) is 11.5 Å². The van der Waals surface area contributed by atoms with Crippen molar-refractivity contribution in [2.75, 3.05) is 18.4 Å². The van der Waals surface area contributed by atoms with Crippen LogP contribution in [0.5, 0.6) is 11.5 Å². The Morgan fingerprint density at radius 3 is 2.29 bits per heavy atom. The van der Waals surface area contributed by atoms with Crippen molar-refractivity contribution in [1.82, 2.24) is 4.31 Å². The third-order valence-corrected chi connectivity index (χ3v) is 6.84. The highest BCUT2D eigenvalue weighted by atomic mass is 32.2. The van der Waals surface area contributed by atoms with Gasteiger partial charge in [-0.3, -0.25) is 4.79 Å². The second-order valence-electron chi connectivity index (χ2n) is 6.94. The molecule has 8 heteroatoms. The lowest BCUT2D eigenvalue weighted by molar-refractivity contribution is 0.102. The Balaban J connectivity index is 2.03. The van der Waals surface area contributed by atoms with Crippen molar-refractivity contribution < 1.29 is 22.4 Å². The zero-order valence-corrected chi connectivity index (χ0v) is 18.8. The van der Waals surface area contributed by atoms with Gasteiger partial charge < -0.3 is 14.5 Å². The topological polar surface area (TPSA) is 88.9 Å². The molecule has 0 saturated carbocycles. The van der Waals surface area contributed by atoms with E-state index in [0.29, 0.717) is 41.7 Å². The number of hydrogen-bond acceptors (Lipinski definition) is 5. The normalized spacial score (nSPS) is 11.5. The molecule has 2 aromatic carbocycles. The minimum atomic E-state index is -3.71. The van der Waals surface area contributed by atoms with Crippen molar-refractivity contribution >= 4 is 21.6 Å². The molecule has 164 valence electrons. The van der Waals surface area contributed by atoms with Crippen molar-refractivity contribution in [2.24, 2.45) is 0 Å². The fourth-order valence-corrected chi connectivity index (χ4v) is 4.71. The molecule has 31 heavy (non-hydrogen) atoms. The van der Waals surface area contributed by atoms with E-state index in [0.717, 1.165) is 0 Å². The van der Waals surface area contributed by atoms with Crippen molar-refractivity contribution in [3.63, 3.8) is 0 Å². The fourth-order valence-electron chi connectivity index (χ4n) is 3.23. The Morgan fingerprint density at radius 1 is 1.03 bits per heavy atom. The van der Waals surface area contributed by atoms with Crippen LogP contribution < -0.4 is 10.1 Å². The van der Waals surface area contributed by atoms with Gasteiger partial charge in [-0.15, -0.1) is 0 Å². The van der Waals surface area contributed by atoms with Crippen LogP contribution in [0.15, 0.2) is 63.9 Å². The van der Waals surface area contributed by atoms with Crippen molar-refractivity contribution in [3.05, 3.63) is 71.7 Å². The molecule has 0 spiro atoms. The van der Waals surface area contributed by atoms with E-state index in [2.05, 4.69) is 5.32 Å². The molecular formula is C23H26N2O5S. The lowest BCUT2D eigenvalue weighted by atomic mass is 10.2. The summed E-state index contributed by atoms with van der Waals surface area (Å²) in [5.74, 6) is 1.57. The van der Waals surface area contributed by atoms with Crippen LogP contribution in [-0.4, -0.2) is 31.7 Å². The highest BCUT2D eigenvalue weighted by Gasteiger charge is 2.24. The third kappa shape index (κ3) is 4.98. The number of amides is 1. The summed E-state index contributed by atoms with van der Waals surface area (Å²) in [6.07, 6.45) is 0. The lowest BCUT2D eigenvalue weighted by Crippen LogP contribution is -2.30. The van der Waals surface area contributed by atoms with Gasteiger partial charge in [-0.25, -0.2) is 8.42 Å². The molecule has 1 N–H and O–H groups in total. The number of rotatable bonds is 8. The van der Waals surface area contributed by atoms with Crippen molar-refractivity contribution in [1.29, 1.82) is 0 Å². The maximum Gasteiger partial charge on any atom is 0.259 e. The summed E-state index contributed by atoms with van der Waals surface area (Å²) in [5, 5.41) is 2.78. The number of para-hydroxylation sites is 1. The number of anilines is 1. The first-order valence-corrected chi connectivity index (χ1v) is 11.5. The molecule has 0 aliphatic rings. The van der Waals surface area contributed by atoms with Gasteiger partial charge in [0, 0.05) is 13.1 Å². The predicted molar refractivity (Wildman–Crippen MR) is 119 cm³/mol. The van der Waals surface area contributed by atoms with E-state index in [1.54, 1.807) is 52.0 Å². The highest BCUT2D eigenvalue weighted by Crippen LogP contribution is 2.33. The summed E-state index contributed by atoms with van der Waals surface area (Å²) in [6, 6.07) is 15.1. The van der Waals surface area contributed by atoms with Gasteiger partial charge in [0.15, 0.2) is 5.75 Å². The van der Waals surface area contributed by atoms with E-state index in [-0.39, 0.29) is 10.6 Å². The van der Waals surface area contributed by atoms with Crippen LogP contribution in [0.3, 0.4) is 0 Å². The predicted octanol–water partition coefficient (Wildman–Crippen LogP) is 4.97. The van der Waals surface area contributed by atoms with Gasteiger partial charge in [0.2, 0.25) is 10.0 Å². The molecule has 1 amide bonds. The largest absolute Gasteiger partial charge is 0.466 e. The van der Waals surface area contributed by atoms with Gasteiger partial charge in [-0.2, -0.15) is 4.31 Å². The van der Waals surface area contributed by atoms with E-state index in [4.69, 9.17) is 9.15 Å². The number of benzene rings is 2. The number of nitrogens with zero attached hydrogens (tertiary/aromatic N) is 1. The van der Waals surface area contributed by atoms with Crippen molar-refractivity contribution in [2.45, 2.75) is 32.6 Å². The Labute approximate surface area is 182 Å². The molecule has 1 aromatic heterocycles. The zero-order chi connectivity index (χ0) is 22.6. The Morgan fingerprint density at radius 2 is 1.71 bits per heavy atom. The molecule has 0 atom stereocenters. The number of ether oxygens (including phenoxy) is 1. The van der Waals surface area contributed by atoms with Crippen LogP contribution >= 0.6 is 0 Å². The number of aryl methyl sites for hydroxylation is 2. The Hall–Kier alpha value is -3.10. The number of nitrogens with one attached hydrogen (secondary N) is 1. The second kappa shape index (κ2) is 9.36. The average molecular weight is 443 g/mol. The quantitative estimate of drug-likeness (QED) is 0.532. The van der Waals surface area contributed by atoms with Gasteiger partial charge in [0.1, 0.15) is 17.3 Å². The smallest absolute Gasteiger partial charge is 0.259 e. The number of sulfonamides is 1. The molecule has 1 heterocycles. The molecule has 0 aliphatic heterocycles. The zero-order valence-electron chi connectivity index (χ0n) is 18.0. The Bertz CT molecular complexity index is 1170.